The zero-order valence-corrected chi connectivity index (χ0v) is 14.8. The molecule has 27 heavy (non-hydrogen) atoms. The van der Waals surface area contributed by atoms with Crippen LogP contribution in [0.5, 0.6) is 0 Å². The average molecular weight is 379 g/mol. The van der Waals surface area contributed by atoms with Crippen LogP contribution in [0.4, 0.5) is 25.0 Å². The minimum Gasteiger partial charge on any atom is -0.442 e. The summed E-state index contributed by atoms with van der Waals surface area (Å²) in [7, 11) is 0. The minimum absolute atomic E-state index is 0.00225. The number of rotatable bonds is 4. The van der Waals surface area contributed by atoms with Crippen molar-refractivity contribution >= 4 is 29.2 Å². The summed E-state index contributed by atoms with van der Waals surface area (Å²) in [5.74, 6) is -1.89. The van der Waals surface area contributed by atoms with Crippen LogP contribution >= 0.6 is 0 Å². The van der Waals surface area contributed by atoms with Gasteiger partial charge < -0.3 is 15.0 Å². The van der Waals surface area contributed by atoms with Crippen LogP contribution in [0, 0.1) is 17.0 Å². The topological polar surface area (TPSA) is 79.0 Å². The average Bonchev–Trinajstić information content (AvgIpc) is 3.16. The molecule has 3 fully saturated rings. The van der Waals surface area contributed by atoms with Crippen molar-refractivity contribution in [1.82, 2.24) is 5.32 Å². The third kappa shape index (κ3) is 3.11. The summed E-state index contributed by atoms with van der Waals surface area (Å²) in [5, 5.41) is 2.54. The van der Waals surface area contributed by atoms with Crippen molar-refractivity contribution in [3.05, 3.63) is 23.8 Å². The van der Waals surface area contributed by atoms with Crippen molar-refractivity contribution in [3.8, 4) is 0 Å². The van der Waals surface area contributed by atoms with Crippen LogP contribution in [0.3, 0.4) is 0 Å². The Morgan fingerprint density at radius 1 is 1.30 bits per heavy atom. The summed E-state index contributed by atoms with van der Waals surface area (Å²) in [4.78, 5) is 37.6. The molecule has 3 aliphatic rings. The van der Waals surface area contributed by atoms with Crippen LogP contribution in [0.25, 0.3) is 0 Å². The zero-order valence-electron chi connectivity index (χ0n) is 14.8. The number of halogens is 2. The smallest absolute Gasteiger partial charge is 0.414 e. The van der Waals surface area contributed by atoms with E-state index < -0.39 is 29.2 Å². The van der Waals surface area contributed by atoms with Gasteiger partial charge in [0.1, 0.15) is 11.8 Å². The Labute approximate surface area is 154 Å². The minimum atomic E-state index is -0.825. The number of hydrogen-bond acceptors (Lipinski definition) is 5. The molecule has 0 radical (unpaired) electrons. The number of ether oxygens (including phenoxy) is 1. The van der Waals surface area contributed by atoms with E-state index in [-0.39, 0.29) is 42.7 Å². The molecular formula is C18H19F2N3O4. The number of Topliss-reactive ketones (excluding diaryl/α,β-unsaturated/α-hetero) is 1. The third-order valence-corrected chi connectivity index (χ3v) is 5.36. The molecule has 144 valence electrons. The number of nitrogens with zero attached hydrogens (tertiary/aromatic N) is 2. The highest BCUT2D eigenvalue weighted by atomic mass is 19.1. The molecule has 1 aromatic rings. The van der Waals surface area contributed by atoms with Gasteiger partial charge in [0.2, 0.25) is 5.91 Å². The van der Waals surface area contributed by atoms with E-state index in [9.17, 15) is 23.2 Å². The Bertz CT molecular complexity index is 817. The largest absolute Gasteiger partial charge is 0.442 e. The van der Waals surface area contributed by atoms with Gasteiger partial charge in [-0.05, 0) is 12.8 Å². The van der Waals surface area contributed by atoms with Gasteiger partial charge in [-0.3, -0.25) is 14.5 Å². The van der Waals surface area contributed by atoms with Crippen LogP contribution in [0.2, 0.25) is 0 Å². The molecular weight excluding hydrogens is 360 g/mol. The lowest BCUT2D eigenvalue weighted by molar-refractivity contribution is -0.120. The molecule has 4 rings (SSSR count). The van der Waals surface area contributed by atoms with Crippen molar-refractivity contribution in [3.63, 3.8) is 0 Å². The summed E-state index contributed by atoms with van der Waals surface area (Å²) < 4.78 is 34.4. The molecule has 1 atom stereocenters. The molecule has 2 saturated heterocycles. The van der Waals surface area contributed by atoms with Crippen LogP contribution in [-0.2, 0) is 14.3 Å². The van der Waals surface area contributed by atoms with Gasteiger partial charge >= 0.3 is 6.09 Å². The highest BCUT2D eigenvalue weighted by Gasteiger charge is 2.55. The van der Waals surface area contributed by atoms with E-state index in [2.05, 4.69) is 5.32 Å². The van der Waals surface area contributed by atoms with Crippen LogP contribution in [0.15, 0.2) is 12.1 Å². The molecule has 9 heteroatoms. The predicted molar refractivity (Wildman–Crippen MR) is 91.5 cm³/mol. The van der Waals surface area contributed by atoms with Crippen molar-refractivity contribution in [1.29, 1.82) is 0 Å². The van der Waals surface area contributed by atoms with E-state index in [1.807, 2.05) is 0 Å². The summed E-state index contributed by atoms with van der Waals surface area (Å²) >= 11 is 0. The fourth-order valence-corrected chi connectivity index (χ4v) is 3.70. The maximum Gasteiger partial charge on any atom is 0.414 e. The molecule has 1 saturated carbocycles. The molecule has 0 unspecified atom stereocenters. The number of carbonyl (C=O) groups is 3. The summed E-state index contributed by atoms with van der Waals surface area (Å²) in [6.07, 6.45) is 0.195. The van der Waals surface area contributed by atoms with E-state index >= 15 is 0 Å². The van der Waals surface area contributed by atoms with E-state index in [1.54, 1.807) is 0 Å². The first-order valence-corrected chi connectivity index (χ1v) is 8.79. The number of carbonyl (C=O) groups excluding carboxylic acids is 3. The van der Waals surface area contributed by atoms with Gasteiger partial charge in [0.15, 0.2) is 17.4 Å². The number of nitrogens with one attached hydrogen (secondary N) is 1. The Kier molecular flexibility index (Phi) is 4.05. The molecule has 2 heterocycles. The molecule has 1 aliphatic carbocycles. The molecule has 2 aliphatic heterocycles. The highest BCUT2D eigenvalue weighted by molar-refractivity contribution is 5.95. The number of ketones is 1. The summed E-state index contributed by atoms with van der Waals surface area (Å²) in [6, 6.07) is 2.14. The molecule has 1 spiro atoms. The van der Waals surface area contributed by atoms with E-state index in [1.165, 1.54) is 11.8 Å². The van der Waals surface area contributed by atoms with Gasteiger partial charge in [-0.1, -0.05) is 0 Å². The predicted octanol–water partition coefficient (Wildman–Crippen LogP) is 1.60. The molecule has 7 nitrogen and oxygen atoms in total. The Morgan fingerprint density at radius 3 is 2.52 bits per heavy atom. The van der Waals surface area contributed by atoms with E-state index in [0.717, 1.165) is 29.9 Å². The lowest BCUT2D eigenvalue weighted by Crippen LogP contribution is -2.33. The van der Waals surface area contributed by atoms with Gasteiger partial charge in [-0.2, -0.15) is 0 Å². The fraction of sp³-hybridized carbons (Fsp3) is 0.500. The Hall–Kier alpha value is -2.71. The number of benzene rings is 1. The summed E-state index contributed by atoms with van der Waals surface area (Å²) in [6.45, 7) is 1.86. The van der Waals surface area contributed by atoms with Crippen LogP contribution < -0.4 is 15.1 Å². The van der Waals surface area contributed by atoms with E-state index in [0.29, 0.717) is 6.54 Å². The second-order valence-electron chi connectivity index (χ2n) is 7.37. The molecule has 0 bridgehead atoms. The van der Waals surface area contributed by atoms with Gasteiger partial charge in [0.25, 0.3) is 0 Å². The number of amides is 2. The number of cyclic esters (lactones) is 1. The van der Waals surface area contributed by atoms with Crippen molar-refractivity contribution in [2.24, 2.45) is 5.41 Å². The maximum absolute atomic E-state index is 14.7. The van der Waals surface area contributed by atoms with Crippen LogP contribution in [-0.4, -0.2) is 50.1 Å². The number of anilines is 2. The fourth-order valence-electron chi connectivity index (χ4n) is 3.70. The van der Waals surface area contributed by atoms with Gasteiger partial charge in [0.05, 0.1) is 25.3 Å². The van der Waals surface area contributed by atoms with Crippen molar-refractivity contribution < 1.29 is 27.9 Å². The van der Waals surface area contributed by atoms with E-state index in [4.69, 9.17) is 4.74 Å². The lowest BCUT2D eigenvalue weighted by Gasteiger charge is -2.21. The monoisotopic (exact) mass is 379 g/mol. The Morgan fingerprint density at radius 2 is 1.96 bits per heavy atom. The van der Waals surface area contributed by atoms with Crippen molar-refractivity contribution in [2.45, 2.75) is 25.9 Å². The first-order valence-electron chi connectivity index (χ1n) is 8.79. The normalized spacial score (nSPS) is 23.1. The lowest BCUT2D eigenvalue weighted by atomic mass is 10.1. The number of hydrogen-bond donors (Lipinski definition) is 1. The summed E-state index contributed by atoms with van der Waals surface area (Å²) in [5.41, 5.74) is -0.623. The highest BCUT2D eigenvalue weighted by Crippen LogP contribution is 2.51. The van der Waals surface area contributed by atoms with Crippen LogP contribution in [0.1, 0.15) is 19.8 Å². The second-order valence-corrected chi connectivity index (χ2v) is 7.37. The SMILES string of the molecule is CC(=O)NC[C@H]1CN(c2cc(F)c(N3CC(=O)C4(CC4)C3)c(F)c2)C(=O)O1. The second kappa shape index (κ2) is 6.17. The third-order valence-electron chi connectivity index (χ3n) is 5.36. The standard InChI is InChI=1S/C18H19F2N3O4/c1-10(24)21-6-12-7-23(17(26)27-12)11-4-13(19)16(14(20)5-11)22-8-15(25)18(9-22)2-3-18/h4-5,12H,2-3,6-9H2,1H3,(H,21,24)/t12-/m0/s1. The van der Waals surface area contributed by atoms with Gasteiger partial charge in [-0.25, -0.2) is 13.6 Å². The van der Waals surface area contributed by atoms with Gasteiger partial charge in [-0.15, -0.1) is 0 Å². The molecule has 1 aromatic carbocycles. The molecule has 1 N–H and O–H groups in total. The zero-order chi connectivity index (χ0) is 19.3. The Balaban J connectivity index is 1.53. The quantitative estimate of drug-likeness (QED) is 0.860. The molecule has 0 aromatic heterocycles. The maximum atomic E-state index is 14.7. The molecule has 2 amide bonds. The van der Waals surface area contributed by atoms with Crippen molar-refractivity contribution in [2.75, 3.05) is 36.0 Å². The first kappa shape index (κ1) is 17.7. The first-order chi connectivity index (χ1) is 12.8. The van der Waals surface area contributed by atoms with Gasteiger partial charge in [0, 0.05) is 31.0 Å².